The Balaban J connectivity index is 1.63. The summed E-state index contributed by atoms with van der Waals surface area (Å²) < 4.78 is 17.7. The first kappa shape index (κ1) is 15.1. The van der Waals surface area contributed by atoms with E-state index in [-0.39, 0.29) is 0 Å². The topological polar surface area (TPSA) is 56.0 Å². The van der Waals surface area contributed by atoms with E-state index in [1.165, 1.54) is 0 Å². The molecule has 0 aliphatic heterocycles. The molecule has 0 saturated carbocycles. The van der Waals surface area contributed by atoms with E-state index in [1.54, 1.807) is 17.6 Å². The molecule has 0 bridgehead atoms. The van der Waals surface area contributed by atoms with Gasteiger partial charge in [0.15, 0.2) is 0 Å². The van der Waals surface area contributed by atoms with Gasteiger partial charge in [0, 0.05) is 21.7 Å². The van der Waals surface area contributed by atoms with E-state index >= 15 is 0 Å². The minimum absolute atomic E-state index is 0.384. The summed E-state index contributed by atoms with van der Waals surface area (Å²) in [6.45, 7) is 2.07. The molecule has 2 heterocycles. The van der Waals surface area contributed by atoms with Gasteiger partial charge in [0.2, 0.25) is 5.89 Å². The van der Waals surface area contributed by atoms with Crippen LogP contribution < -0.4 is 0 Å². The number of aromatic nitrogens is 2. The van der Waals surface area contributed by atoms with Crippen LogP contribution in [-0.2, 0) is 28.7 Å². The maximum atomic E-state index is 12.2. The molecule has 0 aliphatic rings. The van der Waals surface area contributed by atoms with Crippen LogP contribution in [0.3, 0.4) is 0 Å². The Morgan fingerprint density at radius 2 is 1.91 bits per heavy atom. The van der Waals surface area contributed by atoms with Gasteiger partial charge in [-0.3, -0.25) is 4.21 Å². The number of aryl methyl sites for hydroxylation is 1. The van der Waals surface area contributed by atoms with Crippen molar-refractivity contribution in [3.05, 3.63) is 58.4 Å². The maximum absolute atomic E-state index is 12.2. The summed E-state index contributed by atoms with van der Waals surface area (Å²) >= 11 is 1.62. The fourth-order valence-corrected chi connectivity index (χ4v) is 3.94. The number of nitrogens with zero attached hydrogens (tertiary/aromatic N) is 2. The average molecular weight is 332 g/mol. The van der Waals surface area contributed by atoms with Crippen molar-refractivity contribution in [2.45, 2.75) is 24.9 Å². The summed E-state index contributed by atoms with van der Waals surface area (Å²) in [5.74, 6) is 1.41. The third kappa shape index (κ3) is 3.69. The van der Waals surface area contributed by atoms with Crippen molar-refractivity contribution in [3.8, 4) is 11.5 Å². The normalized spacial score (nSPS) is 12.4. The molecular weight excluding hydrogens is 316 g/mol. The molecule has 1 unspecified atom stereocenters. The van der Waals surface area contributed by atoms with Gasteiger partial charge in [-0.15, -0.1) is 11.3 Å². The quantitative estimate of drug-likeness (QED) is 0.689. The minimum atomic E-state index is -1.03. The van der Waals surface area contributed by atoms with Crippen LogP contribution in [0.1, 0.15) is 23.3 Å². The second-order valence-electron chi connectivity index (χ2n) is 4.82. The Morgan fingerprint density at radius 1 is 1.14 bits per heavy atom. The Hall–Kier alpha value is -1.79. The molecule has 0 N–H and O–H groups in total. The zero-order valence-electron chi connectivity index (χ0n) is 12.2. The smallest absolute Gasteiger partial charge is 0.226 e. The van der Waals surface area contributed by atoms with E-state index in [0.717, 1.165) is 22.7 Å². The van der Waals surface area contributed by atoms with Gasteiger partial charge in [-0.05, 0) is 18.6 Å². The van der Waals surface area contributed by atoms with Gasteiger partial charge < -0.3 is 4.42 Å². The van der Waals surface area contributed by atoms with Gasteiger partial charge in [-0.2, -0.15) is 0 Å². The fraction of sp³-hybridized carbons (Fsp3) is 0.250. The predicted molar refractivity (Wildman–Crippen MR) is 89.0 cm³/mol. The van der Waals surface area contributed by atoms with Crippen LogP contribution in [0.5, 0.6) is 0 Å². The number of rotatable bonds is 6. The number of hydrogen-bond donors (Lipinski definition) is 0. The van der Waals surface area contributed by atoms with Gasteiger partial charge >= 0.3 is 0 Å². The number of hydrogen-bond acceptors (Lipinski definition) is 5. The summed E-state index contributed by atoms with van der Waals surface area (Å²) in [7, 11) is -1.03. The van der Waals surface area contributed by atoms with Crippen molar-refractivity contribution < 1.29 is 8.63 Å². The fourth-order valence-electron chi connectivity index (χ4n) is 2.05. The molecule has 3 rings (SSSR count). The molecule has 4 nitrogen and oxygen atoms in total. The number of thiazole rings is 1. The van der Waals surface area contributed by atoms with E-state index in [2.05, 4.69) is 16.9 Å². The lowest BCUT2D eigenvalue weighted by Crippen LogP contribution is -2.00. The number of oxazole rings is 1. The predicted octanol–water partition coefficient (Wildman–Crippen LogP) is 3.81. The Kier molecular flexibility index (Phi) is 4.80. The molecule has 1 atom stereocenters. The molecule has 0 aliphatic carbocycles. The summed E-state index contributed by atoms with van der Waals surface area (Å²) in [4.78, 5) is 8.85. The summed E-state index contributed by atoms with van der Waals surface area (Å²) in [5, 5.41) is 3.06. The van der Waals surface area contributed by atoms with Crippen molar-refractivity contribution in [1.29, 1.82) is 0 Å². The van der Waals surface area contributed by atoms with Crippen molar-refractivity contribution in [3.63, 3.8) is 0 Å². The Labute approximate surface area is 135 Å². The van der Waals surface area contributed by atoms with Gasteiger partial charge in [0.05, 0.1) is 27.9 Å². The standard InChI is InChI=1S/C16H16N2O2S2/c1-2-15-17-14(9-21-15)11-22(19)10-13-8-20-16(18-13)12-6-4-3-5-7-12/h3-9H,2,10-11H2,1H3. The Bertz CT molecular complexity index is 765. The van der Waals surface area contributed by atoms with E-state index in [9.17, 15) is 4.21 Å². The molecular formula is C16H16N2O2S2. The molecule has 0 radical (unpaired) electrons. The summed E-state index contributed by atoms with van der Waals surface area (Å²) in [6.07, 6.45) is 2.50. The summed E-state index contributed by atoms with van der Waals surface area (Å²) in [5.41, 5.74) is 2.53. The first-order valence-electron chi connectivity index (χ1n) is 7.02. The third-order valence-electron chi connectivity index (χ3n) is 3.09. The molecule has 0 spiro atoms. The minimum Gasteiger partial charge on any atom is -0.444 e. The van der Waals surface area contributed by atoms with Crippen LogP contribution in [-0.4, -0.2) is 14.2 Å². The van der Waals surface area contributed by atoms with Crippen molar-refractivity contribution in [1.82, 2.24) is 9.97 Å². The van der Waals surface area contributed by atoms with Crippen LogP contribution >= 0.6 is 11.3 Å². The molecule has 22 heavy (non-hydrogen) atoms. The highest BCUT2D eigenvalue weighted by molar-refractivity contribution is 7.83. The third-order valence-corrected chi connectivity index (χ3v) is 5.37. The van der Waals surface area contributed by atoms with E-state index in [1.807, 2.05) is 35.7 Å². The zero-order chi connectivity index (χ0) is 15.4. The van der Waals surface area contributed by atoms with Gasteiger partial charge in [0.25, 0.3) is 0 Å². The second-order valence-corrected chi connectivity index (χ2v) is 7.22. The first-order chi connectivity index (χ1) is 10.7. The monoisotopic (exact) mass is 332 g/mol. The van der Waals surface area contributed by atoms with E-state index < -0.39 is 10.8 Å². The van der Waals surface area contributed by atoms with Crippen molar-refractivity contribution in [2.24, 2.45) is 0 Å². The molecule has 0 amide bonds. The van der Waals surface area contributed by atoms with Gasteiger partial charge in [-0.25, -0.2) is 9.97 Å². The van der Waals surface area contributed by atoms with E-state index in [0.29, 0.717) is 23.1 Å². The average Bonchev–Trinajstić information content (AvgIpc) is 3.17. The zero-order valence-corrected chi connectivity index (χ0v) is 13.8. The maximum Gasteiger partial charge on any atom is 0.226 e. The molecule has 3 aromatic rings. The van der Waals surface area contributed by atoms with Crippen LogP contribution in [0, 0.1) is 0 Å². The molecule has 2 aromatic heterocycles. The van der Waals surface area contributed by atoms with Gasteiger partial charge in [-0.1, -0.05) is 25.1 Å². The van der Waals surface area contributed by atoms with Crippen molar-refractivity contribution in [2.75, 3.05) is 0 Å². The number of benzene rings is 1. The molecule has 6 heteroatoms. The summed E-state index contributed by atoms with van der Waals surface area (Å²) in [6, 6.07) is 9.69. The molecule has 114 valence electrons. The van der Waals surface area contributed by atoms with E-state index in [4.69, 9.17) is 4.42 Å². The first-order valence-corrected chi connectivity index (χ1v) is 9.39. The van der Waals surface area contributed by atoms with Crippen molar-refractivity contribution >= 4 is 22.1 Å². The highest BCUT2D eigenvalue weighted by Gasteiger charge is 2.11. The molecule has 1 aromatic carbocycles. The largest absolute Gasteiger partial charge is 0.444 e. The van der Waals surface area contributed by atoms with Crippen LogP contribution in [0.25, 0.3) is 11.5 Å². The molecule has 0 saturated heterocycles. The molecule has 0 fully saturated rings. The second kappa shape index (κ2) is 6.98. The lowest BCUT2D eigenvalue weighted by molar-refractivity contribution is 0.573. The van der Waals surface area contributed by atoms with Gasteiger partial charge in [0.1, 0.15) is 6.26 Å². The lowest BCUT2D eigenvalue weighted by Gasteiger charge is -1.96. The SMILES string of the molecule is CCc1nc(CS(=O)Cc2coc(-c3ccccc3)n2)cs1. The van der Waals surface area contributed by atoms with Crippen LogP contribution in [0.15, 0.2) is 46.4 Å². The Morgan fingerprint density at radius 3 is 2.64 bits per heavy atom. The highest BCUT2D eigenvalue weighted by Crippen LogP contribution is 2.19. The van der Waals surface area contributed by atoms with Crippen LogP contribution in [0.2, 0.25) is 0 Å². The highest BCUT2D eigenvalue weighted by atomic mass is 32.2. The lowest BCUT2D eigenvalue weighted by atomic mass is 10.2. The van der Waals surface area contributed by atoms with Crippen LogP contribution in [0.4, 0.5) is 0 Å².